The molecule has 0 bridgehead atoms. The monoisotopic (exact) mass is 983 g/mol. The third-order valence-corrected chi connectivity index (χ3v) is 10.1. The number of rotatable bonds is 10. The van der Waals surface area contributed by atoms with Gasteiger partial charge < -0.3 is 72.7 Å². The van der Waals surface area contributed by atoms with Crippen LogP contribution in [0.2, 0.25) is 5.15 Å². The Labute approximate surface area is 405 Å². The second-order valence-corrected chi connectivity index (χ2v) is 14.0. The van der Waals surface area contributed by atoms with Gasteiger partial charge in [-0.05, 0) is 36.4 Å². The Morgan fingerprint density at radius 1 is 0.557 bits per heavy atom. The summed E-state index contributed by atoms with van der Waals surface area (Å²) < 4.78 is 16.0. The van der Waals surface area contributed by atoms with Crippen molar-refractivity contribution >= 4 is 88.0 Å². The summed E-state index contributed by atoms with van der Waals surface area (Å²) in [6, 6.07) is 10.6. The molecule has 6 heterocycles. The van der Waals surface area contributed by atoms with E-state index in [4.69, 9.17) is 51.3 Å². The number of amides is 3. The second-order valence-electron chi connectivity index (χ2n) is 13.6. The zero-order valence-electron chi connectivity index (χ0n) is 38.5. The van der Waals surface area contributed by atoms with E-state index in [-0.39, 0.29) is 30.7 Å². The highest BCUT2D eigenvalue weighted by Crippen LogP contribution is 2.38. The lowest BCUT2D eigenvalue weighted by Gasteiger charge is -2.15. The fourth-order valence-corrected chi connectivity index (χ4v) is 6.91. The summed E-state index contributed by atoms with van der Waals surface area (Å²) in [5, 5.41) is 37.8. The van der Waals surface area contributed by atoms with E-state index in [0.717, 1.165) is 45.1 Å². The Kier molecular flexibility index (Phi) is 20.4. The number of aromatic nitrogens is 6. The zero-order valence-corrected chi connectivity index (χ0v) is 39.3. The van der Waals surface area contributed by atoms with Crippen LogP contribution in [0.15, 0.2) is 74.0 Å². The average molecular weight is 984 g/mol. The molecule has 0 fully saturated rings. The molecule has 3 aromatic carbocycles. The number of methoxy groups -OCH3 is 3. The topological polar surface area (TPSA) is 353 Å². The van der Waals surface area contributed by atoms with Crippen molar-refractivity contribution < 1.29 is 48.4 Å². The zero-order chi connectivity index (χ0) is 51.2. The molecule has 0 unspecified atom stereocenters. The Morgan fingerprint density at radius 2 is 0.900 bits per heavy atom. The molecule has 12 N–H and O–H groups in total. The van der Waals surface area contributed by atoms with Crippen LogP contribution in [0, 0.1) is 0 Å². The number of carboxylic acid groups (broad SMARTS) is 2. The first-order valence-corrected chi connectivity index (χ1v) is 20.8. The molecule has 0 aliphatic carbocycles. The fourth-order valence-electron chi connectivity index (χ4n) is 6.72. The number of carbonyl (C=O) groups is 5. The summed E-state index contributed by atoms with van der Waals surface area (Å²) in [6.07, 6.45) is 9.32. The quantitative estimate of drug-likeness (QED) is 0.0522. The van der Waals surface area contributed by atoms with Crippen molar-refractivity contribution in [3.05, 3.63) is 113 Å². The number of hydrogen-bond donors (Lipinski definition) is 11. The number of ether oxygens (including phenoxy) is 3. The molecule has 3 amide bonds. The van der Waals surface area contributed by atoms with Crippen LogP contribution in [-0.4, -0.2) is 113 Å². The minimum Gasteiger partial charge on any atom is -0.494 e. The number of fused-ring (bicyclic) bond motifs is 3. The van der Waals surface area contributed by atoms with Gasteiger partial charge in [-0.15, -0.1) is 0 Å². The Bertz CT molecular complexity index is 2660. The number of nitrogens with one attached hydrogen (secondary N) is 8. The van der Waals surface area contributed by atoms with Crippen LogP contribution in [0.3, 0.4) is 0 Å². The van der Waals surface area contributed by atoms with Crippen LogP contribution >= 0.6 is 11.6 Å². The molecular formula is C44H50ClN15O10. The number of nitrogens with two attached hydrogens (primary N) is 1. The molecule has 70 heavy (non-hydrogen) atoms. The molecule has 0 saturated heterocycles. The first-order chi connectivity index (χ1) is 33.9. The Balaban J connectivity index is 0.000000203. The van der Waals surface area contributed by atoms with Gasteiger partial charge in [-0.2, -0.15) is 0 Å². The number of halogens is 1. The number of nitrogens with zero attached hydrogens (tertiary/aromatic N) is 6. The van der Waals surface area contributed by atoms with E-state index in [2.05, 4.69) is 72.4 Å². The summed E-state index contributed by atoms with van der Waals surface area (Å²) in [4.78, 5) is 75.2. The van der Waals surface area contributed by atoms with E-state index in [9.17, 15) is 14.4 Å². The van der Waals surface area contributed by atoms with E-state index in [1.54, 1.807) is 85.3 Å². The van der Waals surface area contributed by atoms with Crippen LogP contribution in [-0.2, 0) is 29.2 Å². The largest absolute Gasteiger partial charge is 0.494 e. The normalized spacial score (nSPS) is 11.6. The summed E-state index contributed by atoms with van der Waals surface area (Å²) in [5.41, 5.74) is 14.6. The molecule has 6 aromatic rings. The first-order valence-electron chi connectivity index (χ1n) is 20.4. The maximum atomic E-state index is 11.7. The number of carbonyl (C=O) groups excluding carboxylic acids is 3. The molecule has 26 heteroatoms. The third kappa shape index (κ3) is 13.2. The van der Waals surface area contributed by atoms with E-state index < -0.39 is 0 Å². The molecule has 0 radical (unpaired) electrons. The maximum Gasteiger partial charge on any atom is 0.290 e. The van der Waals surface area contributed by atoms with Gasteiger partial charge in [0.25, 0.3) is 30.7 Å². The predicted octanol–water partition coefficient (Wildman–Crippen LogP) is 4.12. The van der Waals surface area contributed by atoms with E-state index in [1.807, 2.05) is 12.1 Å². The molecule has 3 aliphatic heterocycles. The molecule has 0 saturated carbocycles. The van der Waals surface area contributed by atoms with Gasteiger partial charge in [0, 0.05) is 74.2 Å². The van der Waals surface area contributed by atoms with Gasteiger partial charge in [0.2, 0.25) is 0 Å². The highest BCUT2D eigenvalue weighted by molar-refractivity contribution is 6.31. The molecule has 368 valence electrons. The van der Waals surface area contributed by atoms with Crippen molar-refractivity contribution in [2.24, 2.45) is 0 Å². The van der Waals surface area contributed by atoms with E-state index >= 15 is 0 Å². The summed E-state index contributed by atoms with van der Waals surface area (Å²) in [6.45, 7) is 0.938. The lowest BCUT2D eigenvalue weighted by Crippen LogP contribution is -2.12. The van der Waals surface area contributed by atoms with Crippen molar-refractivity contribution in [1.29, 1.82) is 0 Å². The summed E-state index contributed by atoms with van der Waals surface area (Å²) in [5.74, 6) is 2.97. The SMILES string of the molecule is CNc1cncnc1Cl.CNc1cncnc1Nc1ccc2c(c1OC)CNC2=O.CNc1cncnc1Nc1ccc2c(c1OC)CNC2=O.COc1c(N)ccc2c1CNC2=O.O=CO.O=CO. The average Bonchev–Trinajstić information content (AvgIpc) is 4.08. The minimum absolute atomic E-state index is 0.0618. The lowest BCUT2D eigenvalue weighted by atomic mass is 10.1. The molecule has 3 aromatic heterocycles. The first kappa shape index (κ1) is 53.4. The van der Waals surface area contributed by atoms with Gasteiger partial charge in [-0.1, -0.05) is 11.6 Å². The third-order valence-electron chi connectivity index (χ3n) is 9.84. The van der Waals surface area contributed by atoms with E-state index in [0.29, 0.717) is 76.0 Å². The van der Waals surface area contributed by atoms with Crippen molar-refractivity contribution in [2.75, 3.05) is 74.8 Å². The summed E-state index contributed by atoms with van der Waals surface area (Å²) >= 11 is 5.61. The van der Waals surface area contributed by atoms with Crippen molar-refractivity contribution in [3.8, 4) is 17.2 Å². The fraction of sp³-hybridized carbons (Fsp3) is 0.205. The van der Waals surface area contributed by atoms with Crippen LogP contribution in [0.25, 0.3) is 0 Å². The predicted molar refractivity (Wildman–Crippen MR) is 261 cm³/mol. The highest BCUT2D eigenvalue weighted by Gasteiger charge is 2.27. The van der Waals surface area contributed by atoms with Gasteiger partial charge in [-0.3, -0.25) is 24.0 Å². The van der Waals surface area contributed by atoms with Crippen LogP contribution in [0.1, 0.15) is 47.8 Å². The van der Waals surface area contributed by atoms with Gasteiger partial charge in [0.05, 0.1) is 74.0 Å². The van der Waals surface area contributed by atoms with Crippen LogP contribution in [0.4, 0.5) is 45.8 Å². The molecule has 3 aliphatic rings. The number of nitrogen functional groups attached to an aromatic ring is 1. The standard InChI is InChI=1S/2C14H15N5O2.C9H10N2O2.C5H6ClN3.2CH2O2/c2*1-15-11-6-16-7-18-13(11)19-10-4-3-8-9(12(10)21-2)5-17-14(8)20;1-13-8-6-4-11-9(12)5(6)2-3-7(8)10;1-7-4-2-8-3-9-5(4)6;2*2-1-3/h2*3-4,6-7,15H,5H2,1-2H3,(H,17,20)(H,16,18,19);2-3H,4,10H2,1H3,(H,11,12);2-3,7H,1H3;2*1H,(H,2,3). The number of anilines is 8. The molecule has 0 atom stereocenters. The second kappa shape index (κ2) is 26.8. The minimum atomic E-state index is -0.250. The van der Waals surface area contributed by atoms with Gasteiger partial charge in [0.15, 0.2) is 16.8 Å². The van der Waals surface area contributed by atoms with Crippen LogP contribution < -0.4 is 62.5 Å². The molecular weight excluding hydrogens is 934 g/mol. The van der Waals surface area contributed by atoms with Gasteiger partial charge in [0.1, 0.15) is 36.2 Å². The lowest BCUT2D eigenvalue weighted by molar-refractivity contribution is -0.123. The van der Waals surface area contributed by atoms with Gasteiger partial charge in [-0.25, -0.2) is 29.9 Å². The number of hydrogen-bond acceptors (Lipinski definition) is 20. The number of benzene rings is 3. The van der Waals surface area contributed by atoms with E-state index in [1.165, 1.54) is 19.0 Å². The van der Waals surface area contributed by atoms with Crippen molar-refractivity contribution in [1.82, 2.24) is 45.9 Å². The smallest absolute Gasteiger partial charge is 0.290 e. The molecule has 9 rings (SSSR count). The highest BCUT2D eigenvalue weighted by atomic mass is 35.5. The van der Waals surface area contributed by atoms with Crippen molar-refractivity contribution in [2.45, 2.75) is 19.6 Å². The molecule has 0 spiro atoms. The van der Waals surface area contributed by atoms with Gasteiger partial charge >= 0.3 is 0 Å². The Morgan fingerprint density at radius 3 is 1.24 bits per heavy atom. The molecule has 25 nitrogen and oxygen atoms in total. The van der Waals surface area contributed by atoms with Crippen molar-refractivity contribution in [3.63, 3.8) is 0 Å². The van der Waals surface area contributed by atoms with Crippen LogP contribution in [0.5, 0.6) is 17.2 Å². The Hall–Kier alpha value is -9.26. The summed E-state index contributed by atoms with van der Waals surface area (Å²) in [7, 11) is 10.1. The maximum absolute atomic E-state index is 11.7.